The van der Waals surface area contributed by atoms with Crippen LogP contribution in [0.5, 0.6) is 11.5 Å². The van der Waals surface area contributed by atoms with Gasteiger partial charge in [0, 0.05) is 19.5 Å². The van der Waals surface area contributed by atoms with Crippen molar-refractivity contribution in [2.45, 2.75) is 240 Å². The largest absolute Gasteiger partial charge is 0.491 e. The predicted octanol–water partition coefficient (Wildman–Crippen LogP) is 16.1. The third-order valence-corrected chi connectivity index (χ3v) is 13.3. The highest BCUT2D eigenvalue weighted by molar-refractivity contribution is 7.80. The van der Waals surface area contributed by atoms with E-state index in [1.165, 1.54) is 204 Å². The lowest BCUT2D eigenvalue weighted by molar-refractivity contribution is 0.316. The molecule has 0 fully saturated rings. The van der Waals surface area contributed by atoms with Gasteiger partial charge in [-0.2, -0.15) is 0 Å². The van der Waals surface area contributed by atoms with Crippen molar-refractivity contribution in [3.63, 3.8) is 0 Å². The van der Waals surface area contributed by atoms with E-state index < -0.39 is 0 Å². The Bertz CT molecular complexity index is 1330. The monoisotopic (exact) mass is 937 g/mol. The molecule has 372 valence electrons. The molecule has 2 aromatic carbocycles. The summed E-state index contributed by atoms with van der Waals surface area (Å²) < 4.78 is 12.6. The molecule has 2 rings (SSSR count). The van der Waals surface area contributed by atoms with E-state index in [9.17, 15) is 0 Å². The van der Waals surface area contributed by atoms with Crippen LogP contribution in [0.3, 0.4) is 0 Å². The average Bonchev–Trinajstić information content (AvgIpc) is 3.29. The van der Waals surface area contributed by atoms with E-state index in [-0.39, 0.29) is 0 Å². The zero-order chi connectivity index (χ0) is 46.7. The van der Waals surface area contributed by atoms with Crippen molar-refractivity contribution >= 4 is 34.7 Å². The van der Waals surface area contributed by atoms with E-state index in [4.69, 9.17) is 33.9 Å². The summed E-state index contributed by atoms with van der Waals surface area (Å²) >= 11 is 11.1. The first-order valence-electron chi connectivity index (χ1n) is 27.4. The Morgan fingerprint density at radius 2 is 0.631 bits per heavy atom. The molecule has 0 unspecified atom stereocenters. The highest BCUT2D eigenvalue weighted by atomic mass is 32.1. The molecular weight excluding hydrogens is 837 g/mol. The fraction of sp³-hybridized carbons (Fsp3) is 0.754. The van der Waals surface area contributed by atoms with Crippen molar-refractivity contribution in [2.75, 3.05) is 39.4 Å². The van der Waals surface area contributed by atoms with Gasteiger partial charge in [0.15, 0.2) is 10.2 Å². The number of thiocarbonyl (C=S) groups is 2. The molecule has 0 spiro atoms. The normalized spacial score (nSPS) is 11.1. The zero-order valence-corrected chi connectivity index (χ0v) is 44.3. The van der Waals surface area contributed by atoms with Gasteiger partial charge in [0.25, 0.3) is 0 Å². The van der Waals surface area contributed by atoms with Crippen LogP contribution in [0.1, 0.15) is 242 Å². The maximum atomic E-state index is 6.32. The minimum atomic E-state index is 0.535. The maximum absolute atomic E-state index is 6.32. The summed E-state index contributed by atoms with van der Waals surface area (Å²) in [5.41, 5.74) is 4.74. The summed E-state index contributed by atoms with van der Waals surface area (Å²) in [5, 5.41) is 14.9. The van der Waals surface area contributed by atoms with Crippen molar-refractivity contribution in [3.05, 3.63) is 58.7 Å². The Balaban J connectivity index is 1.53. The lowest BCUT2D eigenvalue weighted by atomic mass is 10.00. The van der Waals surface area contributed by atoms with Crippen molar-refractivity contribution in [2.24, 2.45) is 0 Å². The minimum absolute atomic E-state index is 0.535. The van der Waals surface area contributed by atoms with Gasteiger partial charge >= 0.3 is 0 Å². The van der Waals surface area contributed by atoms with Gasteiger partial charge in [0.1, 0.15) is 24.7 Å². The van der Waals surface area contributed by atoms with Crippen molar-refractivity contribution in [1.29, 1.82) is 0 Å². The molecule has 0 saturated heterocycles. The summed E-state index contributed by atoms with van der Waals surface area (Å²) in [6.07, 6.45) is 45.0. The Labute approximate surface area is 412 Å². The second kappa shape index (κ2) is 42.8. The Morgan fingerprint density at radius 3 is 0.923 bits per heavy atom. The van der Waals surface area contributed by atoms with Gasteiger partial charge in [-0.1, -0.05) is 242 Å². The van der Waals surface area contributed by atoms with Crippen LogP contribution in [-0.2, 0) is 6.42 Å². The van der Waals surface area contributed by atoms with Gasteiger partial charge in [-0.25, -0.2) is 0 Å². The van der Waals surface area contributed by atoms with Crippen LogP contribution >= 0.6 is 24.4 Å². The van der Waals surface area contributed by atoms with E-state index in [1.54, 1.807) is 0 Å². The number of aryl methyl sites for hydroxylation is 2. The zero-order valence-electron chi connectivity index (χ0n) is 42.7. The summed E-state index contributed by atoms with van der Waals surface area (Å²) in [6.45, 7) is 13.1. The number of rotatable bonds is 44. The molecule has 6 nitrogen and oxygen atoms in total. The molecule has 0 bridgehead atoms. The number of nitrogens with one attached hydrogen (secondary N) is 4. The third-order valence-electron chi connectivity index (χ3n) is 12.7. The van der Waals surface area contributed by atoms with E-state index in [0.29, 0.717) is 36.5 Å². The van der Waals surface area contributed by atoms with Gasteiger partial charge in [-0.05, 0) is 74.4 Å². The molecule has 2 aromatic rings. The fourth-order valence-corrected chi connectivity index (χ4v) is 9.11. The Hall–Kier alpha value is -2.58. The molecule has 0 heterocycles. The van der Waals surface area contributed by atoms with Gasteiger partial charge in [-0.3, -0.25) is 0 Å². The maximum Gasteiger partial charge on any atom is 0.166 e. The van der Waals surface area contributed by atoms with Crippen molar-refractivity contribution in [1.82, 2.24) is 21.3 Å². The highest BCUT2D eigenvalue weighted by Gasteiger charge is 2.11. The second-order valence-corrected chi connectivity index (χ2v) is 19.9. The predicted molar refractivity (Wildman–Crippen MR) is 292 cm³/mol. The van der Waals surface area contributed by atoms with Crippen LogP contribution in [0.25, 0.3) is 0 Å². The molecule has 0 amide bonds. The molecule has 0 aromatic heterocycles. The van der Waals surface area contributed by atoms with Crippen LogP contribution in [-0.4, -0.2) is 49.6 Å². The number of ether oxygens (including phenoxy) is 2. The topological polar surface area (TPSA) is 66.6 Å². The highest BCUT2D eigenvalue weighted by Crippen LogP contribution is 2.29. The van der Waals surface area contributed by atoms with Crippen LogP contribution in [0.15, 0.2) is 36.4 Å². The number of unbranched alkanes of at least 4 members (excludes halogenated alkanes) is 30. The smallest absolute Gasteiger partial charge is 0.166 e. The van der Waals surface area contributed by atoms with Gasteiger partial charge in [-0.15, -0.1) is 0 Å². The summed E-state index contributed by atoms with van der Waals surface area (Å²) in [7, 11) is 0. The van der Waals surface area contributed by atoms with Gasteiger partial charge in [0.05, 0.1) is 13.1 Å². The average molecular weight is 938 g/mol. The lowest BCUT2D eigenvalue weighted by Gasteiger charge is -2.17. The molecule has 0 atom stereocenters. The van der Waals surface area contributed by atoms with Crippen LogP contribution in [0.4, 0.5) is 0 Å². The minimum Gasteiger partial charge on any atom is -0.491 e. The van der Waals surface area contributed by atoms with E-state index in [2.05, 4.69) is 85.4 Å². The standard InChI is InChI=1S/C57H100N4O2S2/c1-5-7-9-11-13-15-17-19-21-23-25-27-29-31-33-35-41-58-56(64)60-43-45-62-54-39-37-50(3)47-52(54)49-53-48-51(4)38-40-55(53)63-46-44-61-57(65)59-42-36-34-32-30-28-26-24-22-20-18-16-14-12-10-8-6-2/h37-40,47-48H,5-36,41-46,49H2,1-4H3,(H2,58,60,64)(H2,59,61,65). The first-order valence-corrected chi connectivity index (χ1v) is 28.2. The van der Waals surface area contributed by atoms with E-state index >= 15 is 0 Å². The second-order valence-electron chi connectivity index (χ2n) is 19.1. The summed E-state index contributed by atoms with van der Waals surface area (Å²) in [6, 6.07) is 12.9. The molecule has 0 saturated carbocycles. The summed E-state index contributed by atoms with van der Waals surface area (Å²) in [5.74, 6) is 1.80. The fourth-order valence-electron chi connectivity index (χ4n) is 8.71. The number of hydrogen-bond acceptors (Lipinski definition) is 4. The van der Waals surface area contributed by atoms with Crippen LogP contribution < -0.4 is 30.7 Å². The number of hydrogen-bond donors (Lipinski definition) is 4. The SMILES string of the molecule is CCCCCCCCCCCCCCCCCCNC(=S)NCCOc1ccc(C)cc1Cc1cc(C)ccc1OCCNC(=S)NCCCCCCCCCCCCCCCCCC. The first kappa shape index (κ1) is 58.5. The molecule has 8 heteroatoms. The molecule has 4 N–H and O–H groups in total. The Kier molecular flexibility index (Phi) is 38.5. The molecule has 0 radical (unpaired) electrons. The Morgan fingerprint density at radius 1 is 0.369 bits per heavy atom. The molecule has 0 aliphatic rings. The quantitative estimate of drug-likeness (QED) is 0.0387. The molecule has 0 aliphatic carbocycles. The van der Waals surface area contributed by atoms with Gasteiger partial charge < -0.3 is 30.7 Å². The third kappa shape index (κ3) is 34.4. The van der Waals surface area contributed by atoms with E-state index in [1.807, 2.05) is 0 Å². The lowest BCUT2D eigenvalue weighted by Crippen LogP contribution is -2.37. The first-order chi connectivity index (χ1) is 31.9. The van der Waals surface area contributed by atoms with Crippen molar-refractivity contribution < 1.29 is 9.47 Å². The molecular formula is C57H100N4O2S2. The van der Waals surface area contributed by atoms with Crippen molar-refractivity contribution in [3.8, 4) is 11.5 Å². The van der Waals surface area contributed by atoms with Crippen LogP contribution in [0, 0.1) is 13.8 Å². The van der Waals surface area contributed by atoms with Gasteiger partial charge in [0.2, 0.25) is 0 Å². The summed E-state index contributed by atoms with van der Waals surface area (Å²) in [4.78, 5) is 0. The number of benzene rings is 2. The van der Waals surface area contributed by atoms with E-state index in [0.717, 1.165) is 55.0 Å². The molecule has 65 heavy (non-hydrogen) atoms. The molecule has 0 aliphatic heterocycles. The van der Waals surface area contributed by atoms with Crippen LogP contribution in [0.2, 0.25) is 0 Å².